The minimum atomic E-state index is -0.0949. The Labute approximate surface area is 69.2 Å². The maximum Gasteiger partial charge on any atom is 0.161 e. The Morgan fingerprint density at radius 1 is 1.27 bits per heavy atom. The van der Waals surface area contributed by atoms with Crippen molar-refractivity contribution >= 4 is 0 Å². The van der Waals surface area contributed by atoms with Gasteiger partial charge in [0.25, 0.3) is 0 Å². The normalized spacial score (nSPS) is 10.5. The Kier molecular flexibility index (Phi) is 6.18. The summed E-state index contributed by atoms with van der Waals surface area (Å²) in [6.07, 6.45) is 0.698. The van der Waals surface area contributed by atoms with E-state index in [9.17, 15) is 0 Å². The first-order chi connectivity index (χ1) is 5.20. The van der Waals surface area contributed by atoms with Crippen LogP contribution >= 0.6 is 0 Å². The summed E-state index contributed by atoms with van der Waals surface area (Å²) in [5.74, 6) is 0. The zero-order valence-corrected chi connectivity index (χ0v) is 7.72. The summed E-state index contributed by atoms with van der Waals surface area (Å²) in [6, 6.07) is 0. The summed E-state index contributed by atoms with van der Waals surface area (Å²) in [7, 11) is 0. The molecule has 0 rings (SSSR count). The van der Waals surface area contributed by atoms with Crippen LogP contribution in [0.25, 0.3) is 0 Å². The molecular formula is C9H18O2. The minimum Gasteiger partial charge on any atom is -0.353 e. The van der Waals surface area contributed by atoms with Crippen molar-refractivity contribution in [2.24, 2.45) is 0 Å². The quantitative estimate of drug-likeness (QED) is 0.436. The SMILES string of the molecule is C=C(C)CC(OCC)OCC. The first-order valence-corrected chi connectivity index (χ1v) is 4.08. The fraction of sp³-hybridized carbons (Fsp3) is 0.778. The van der Waals surface area contributed by atoms with Crippen LogP contribution in [0.15, 0.2) is 12.2 Å². The zero-order valence-electron chi connectivity index (χ0n) is 7.72. The molecule has 0 saturated heterocycles. The molecule has 2 nitrogen and oxygen atoms in total. The number of rotatable bonds is 6. The molecule has 66 valence electrons. The minimum absolute atomic E-state index is 0.0949. The van der Waals surface area contributed by atoms with Crippen molar-refractivity contribution in [2.45, 2.75) is 33.5 Å². The standard InChI is InChI=1S/C9H18O2/c1-5-10-9(11-6-2)7-8(3)4/h9H,3,5-7H2,1-2,4H3. The van der Waals surface area contributed by atoms with E-state index in [1.54, 1.807) is 0 Å². The van der Waals surface area contributed by atoms with Crippen LogP contribution in [0.4, 0.5) is 0 Å². The fourth-order valence-corrected chi connectivity index (χ4v) is 0.822. The average Bonchev–Trinajstić information content (AvgIpc) is 1.87. The number of hydrogen-bond acceptors (Lipinski definition) is 2. The molecule has 0 aliphatic rings. The molecule has 0 unspecified atom stereocenters. The van der Waals surface area contributed by atoms with Gasteiger partial charge in [-0.25, -0.2) is 0 Å². The van der Waals surface area contributed by atoms with Gasteiger partial charge in [0.15, 0.2) is 6.29 Å². The Hall–Kier alpha value is -0.340. The van der Waals surface area contributed by atoms with Crippen LogP contribution in [0.3, 0.4) is 0 Å². The second-order valence-corrected chi connectivity index (χ2v) is 2.50. The molecule has 0 aliphatic carbocycles. The average molecular weight is 158 g/mol. The molecule has 0 saturated carbocycles. The van der Waals surface area contributed by atoms with Crippen molar-refractivity contribution in [3.63, 3.8) is 0 Å². The van der Waals surface area contributed by atoms with Gasteiger partial charge in [0.05, 0.1) is 0 Å². The summed E-state index contributed by atoms with van der Waals surface area (Å²) in [5, 5.41) is 0. The summed E-state index contributed by atoms with van der Waals surface area (Å²) in [4.78, 5) is 0. The van der Waals surface area contributed by atoms with Crippen molar-refractivity contribution in [2.75, 3.05) is 13.2 Å². The highest BCUT2D eigenvalue weighted by atomic mass is 16.7. The van der Waals surface area contributed by atoms with Crippen LogP contribution in [0.5, 0.6) is 0 Å². The predicted molar refractivity (Wildman–Crippen MR) is 46.5 cm³/mol. The molecule has 0 aromatic heterocycles. The molecular weight excluding hydrogens is 140 g/mol. The Morgan fingerprint density at radius 3 is 2.00 bits per heavy atom. The smallest absolute Gasteiger partial charge is 0.161 e. The lowest BCUT2D eigenvalue weighted by Gasteiger charge is -2.16. The van der Waals surface area contributed by atoms with Gasteiger partial charge in [0.2, 0.25) is 0 Å². The van der Waals surface area contributed by atoms with Crippen molar-refractivity contribution in [3.05, 3.63) is 12.2 Å². The van der Waals surface area contributed by atoms with Crippen molar-refractivity contribution in [1.82, 2.24) is 0 Å². The van der Waals surface area contributed by atoms with E-state index in [1.165, 1.54) is 0 Å². The Bertz CT molecular complexity index is 104. The van der Waals surface area contributed by atoms with Crippen LogP contribution < -0.4 is 0 Å². The summed E-state index contributed by atoms with van der Waals surface area (Å²) < 4.78 is 10.6. The van der Waals surface area contributed by atoms with Crippen LogP contribution in [-0.4, -0.2) is 19.5 Å². The van der Waals surface area contributed by atoms with Gasteiger partial charge in [-0.2, -0.15) is 0 Å². The van der Waals surface area contributed by atoms with Crippen LogP contribution in [0, 0.1) is 0 Å². The van der Waals surface area contributed by atoms with Crippen LogP contribution in [0.1, 0.15) is 27.2 Å². The molecule has 0 aromatic rings. The van der Waals surface area contributed by atoms with E-state index < -0.39 is 0 Å². The molecule has 0 aliphatic heterocycles. The molecule has 11 heavy (non-hydrogen) atoms. The highest BCUT2D eigenvalue weighted by molar-refractivity contribution is 4.88. The molecule has 0 fully saturated rings. The Balaban J connectivity index is 3.59. The maximum atomic E-state index is 5.31. The third-order valence-electron chi connectivity index (χ3n) is 1.22. The largest absolute Gasteiger partial charge is 0.353 e. The van der Waals surface area contributed by atoms with E-state index in [1.807, 2.05) is 20.8 Å². The second-order valence-electron chi connectivity index (χ2n) is 2.50. The molecule has 0 aromatic carbocycles. The molecule has 0 radical (unpaired) electrons. The number of ether oxygens (including phenoxy) is 2. The highest BCUT2D eigenvalue weighted by Crippen LogP contribution is 2.07. The van der Waals surface area contributed by atoms with Gasteiger partial charge in [-0.15, -0.1) is 0 Å². The lowest BCUT2D eigenvalue weighted by molar-refractivity contribution is -0.134. The topological polar surface area (TPSA) is 18.5 Å². The van der Waals surface area contributed by atoms with Gasteiger partial charge in [0, 0.05) is 19.6 Å². The molecule has 0 spiro atoms. The van der Waals surface area contributed by atoms with Gasteiger partial charge in [-0.05, 0) is 20.8 Å². The third kappa shape index (κ3) is 6.07. The molecule has 0 amide bonds. The van der Waals surface area contributed by atoms with Gasteiger partial charge in [-0.3, -0.25) is 0 Å². The lowest BCUT2D eigenvalue weighted by Crippen LogP contribution is -2.17. The van der Waals surface area contributed by atoms with E-state index in [-0.39, 0.29) is 6.29 Å². The molecule has 0 N–H and O–H groups in total. The third-order valence-corrected chi connectivity index (χ3v) is 1.22. The number of hydrogen-bond donors (Lipinski definition) is 0. The van der Waals surface area contributed by atoms with Gasteiger partial charge in [0.1, 0.15) is 0 Å². The van der Waals surface area contributed by atoms with Crippen molar-refractivity contribution < 1.29 is 9.47 Å². The van der Waals surface area contributed by atoms with Crippen LogP contribution in [0.2, 0.25) is 0 Å². The van der Waals surface area contributed by atoms with Crippen LogP contribution in [-0.2, 0) is 9.47 Å². The molecule has 2 heteroatoms. The highest BCUT2D eigenvalue weighted by Gasteiger charge is 2.06. The molecule has 0 bridgehead atoms. The second kappa shape index (κ2) is 6.38. The van der Waals surface area contributed by atoms with E-state index in [4.69, 9.17) is 9.47 Å². The van der Waals surface area contributed by atoms with Crippen molar-refractivity contribution in [3.8, 4) is 0 Å². The Morgan fingerprint density at radius 2 is 1.73 bits per heavy atom. The monoisotopic (exact) mass is 158 g/mol. The van der Waals surface area contributed by atoms with E-state index in [2.05, 4.69) is 6.58 Å². The maximum absolute atomic E-state index is 5.31. The van der Waals surface area contributed by atoms with Crippen molar-refractivity contribution in [1.29, 1.82) is 0 Å². The molecule has 0 atom stereocenters. The summed E-state index contributed by atoms with van der Waals surface area (Å²) in [5.41, 5.74) is 1.09. The van der Waals surface area contributed by atoms with Gasteiger partial charge in [-0.1, -0.05) is 12.2 Å². The van der Waals surface area contributed by atoms with E-state index in [0.29, 0.717) is 13.2 Å². The van der Waals surface area contributed by atoms with E-state index >= 15 is 0 Å². The van der Waals surface area contributed by atoms with Gasteiger partial charge < -0.3 is 9.47 Å². The molecule has 0 heterocycles. The first-order valence-electron chi connectivity index (χ1n) is 4.08. The van der Waals surface area contributed by atoms with Gasteiger partial charge >= 0.3 is 0 Å². The van der Waals surface area contributed by atoms with E-state index in [0.717, 1.165) is 12.0 Å². The predicted octanol–water partition coefficient (Wildman–Crippen LogP) is 2.35. The first kappa shape index (κ1) is 10.7. The summed E-state index contributed by atoms with van der Waals surface area (Å²) >= 11 is 0. The fourth-order valence-electron chi connectivity index (χ4n) is 0.822. The summed E-state index contributed by atoms with van der Waals surface area (Å²) in [6.45, 7) is 11.1. The lowest BCUT2D eigenvalue weighted by atomic mass is 10.2. The zero-order chi connectivity index (χ0) is 8.69.